The zero-order valence-electron chi connectivity index (χ0n) is 11.0. The quantitative estimate of drug-likeness (QED) is 0.868. The predicted octanol–water partition coefficient (Wildman–Crippen LogP) is 3.73. The molecule has 0 aliphatic carbocycles. The van der Waals surface area contributed by atoms with Crippen molar-refractivity contribution >= 4 is 34.0 Å². The van der Waals surface area contributed by atoms with Gasteiger partial charge in [0.2, 0.25) is 5.91 Å². The number of carbonyl (C=O) groups is 1. The summed E-state index contributed by atoms with van der Waals surface area (Å²) in [6.45, 7) is 0. The fourth-order valence-corrected chi connectivity index (χ4v) is 2.04. The van der Waals surface area contributed by atoms with E-state index in [9.17, 15) is 4.79 Å². The van der Waals surface area contributed by atoms with Crippen LogP contribution < -0.4 is 10.5 Å². The number of hydrogen-bond acceptors (Lipinski definition) is 2. The molecule has 0 fully saturated rings. The molecule has 0 unspecified atom stereocenters. The standard InChI is InChI=1S/C16H14BrNO2/c1-20-15-9-6-13(16(18)19)10-12(15)5-2-11-3-7-14(17)8-4-11/h2-10H,1H3,(H2,18,19)/b5-2+. The van der Waals surface area contributed by atoms with E-state index in [-0.39, 0.29) is 0 Å². The maximum absolute atomic E-state index is 11.2. The molecule has 0 spiro atoms. The Labute approximate surface area is 126 Å². The maximum atomic E-state index is 11.2. The summed E-state index contributed by atoms with van der Waals surface area (Å²) in [5.41, 5.74) is 7.62. The topological polar surface area (TPSA) is 52.3 Å². The van der Waals surface area contributed by atoms with Gasteiger partial charge in [-0.3, -0.25) is 4.79 Å². The first-order valence-corrected chi connectivity index (χ1v) is 6.81. The van der Waals surface area contributed by atoms with Gasteiger partial charge >= 0.3 is 0 Å². The minimum Gasteiger partial charge on any atom is -0.496 e. The number of nitrogens with two attached hydrogens (primary N) is 1. The lowest BCUT2D eigenvalue weighted by molar-refractivity contribution is 0.1000. The SMILES string of the molecule is COc1ccc(C(N)=O)cc1/C=C/c1ccc(Br)cc1. The van der Waals surface area contributed by atoms with Gasteiger partial charge in [-0.2, -0.15) is 0 Å². The van der Waals surface area contributed by atoms with Crippen molar-refractivity contribution in [2.24, 2.45) is 5.73 Å². The number of benzene rings is 2. The highest BCUT2D eigenvalue weighted by Gasteiger charge is 2.05. The second-order valence-electron chi connectivity index (χ2n) is 4.21. The van der Waals surface area contributed by atoms with Crippen LogP contribution in [0, 0.1) is 0 Å². The van der Waals surface area contributed by atoms with Crippen molar-refractivity contribution in [2.75, 3.05) is 7.11 Å². The molecule has 2 aromatic rings. The second-order valence-corrected chi connectivity index (χ2v) is 5.12. The van der Waals surface area contributed by atoms with Gasteiger partial charge in [-0.15, -0.1) is 0 Å². The Balaban J connectivity index is 2.33. The molecule has 0 aliphatic rings. The maximum Gasteiger partial charge on any atom is 0.248 e. The van der Waals surface area contributed by atoms with Crippen molar-refractivity contribution in [1.29, 1.82) is 0 Å². The molecule has 2 N–H and O–H groups in total. The number of halogens is 1. The first-order chi connectivity index (χ1) is 9.60. The van der Waals surface area contributed by atoms with E-state index in [1.807, 2.05) is 36.4 Å². The molecule has 0 saturated carbocycles. The number of carbonyl (C=O) groups excluding carboxylic acids is 1. The number of rotatable bonds is 4. The van der Waals surface area contributed by atoms with E-state index in [0.29, 0.717) is 11.3 Å². The number of amides is 1. The molecule has 0 atom stereocenters. The van der Waals surface area contributed by atoms with Crippen molar-refractivity contribution in [1.82, 2.24) is 0 Å². The summed E-state index contributed by atoms with van der Waals surface area (Å²) in [7, 11) is 1.59. The van der Waals surface area contributed by atoms with Crippen LogP contribution in [0.1, 0.15) is 21.5 Å². The number of hydrogen-bond donors (Lipinski definition) is 1. The zero-order chi connectivity index (χ0) is 14.5. The van der Waals surface area contributed by atoms with Crippen LogP contribution in [0.3, 0.4) is 0 Å². The van der Waals surface area contributed by atoms with Crippen LogP contribution in [0.4, 0.5) is 0 Å². The van der Waals surface area contributed by atoms with Crippen molar-refractivity contribution in [3.63, 3.8) is 0 Å². The number of ether oxygens (including phenoxy) is 1. The molecule has 0 bridgehead atoms. The van der Waals surface area contributed by atoms with E-state index in [2.05, 4.69) is 15.9 Å². The van der Waals surface area contributed by atoms with Gasteiger partial charge in [-0.05, 0) is 35.9 Å². The summed E-state index contributed by atoms with van der Waals surface area (Å²) in [5.74, 6) is 0.245. The summed E-state index contributed by atoms with van der Waals surface area (Å²) in [6.07, 6.45) is 3.85. The van der Waals surface area contributed by atoms with E-state index in [0.717, 1.165) is 15.6 Å². The van der Waals surface area contributed by atoms with E-state index in [1.165, 1.54) is 0 Å². The number of primary amides is 1. The number of methoxy groups -OCH3 is 1. The Bertz CT molecular complexity index is 648. The van der Waals surface area contributed by atoms with Crippen LogP contribution in [0.2, 0.25) is 0 Å². The van der Waals surface area contributed by atoms with Crippen LogP contribution in [0.25, 0.3) is 12.2 Å². The largest absolute Gasteiger partial charge is 0.496 e. The molecular weight excluding hydrogens is 318 g/mol. The second kappa shape index (κ2) is 6.39. The summed E-state index contributed by atoms with van der Waals surface area (Å²) in [5, 5.41) is 0. The molecule has 0 aromatic heterocycles. The third kappa shape index (κ3) is 3.48. The Hall–Kier alpha value is -2.07. The van der Waals surface area contributed by atoms with E-state index >= 15 is 0 Å². The molecule has 3 nitrogen and oxygen atoms in total. The highest BCUT2D eigenvalue weighted by molar-refractivity contribution is 9.10. The Morgan fingerprint density at radius 3 is 2.45 bits per heavy atom. The molecule has 0 radical (unpaired) electrons. The van der Waals surface area contributed by atoms with Gasteiger partial charge < -0.3 is 10.5 Å². The normalized spacial score (nSPS) is 10.7. The van der Waals surface area contributed by atoms with Crippen LogP contribution >= 0.6 is 15.9 Å². The highest BCUT2D eigenvalue weighted by Crippen LogP contribution is 2.22. The molecule has 2 rings (SSSR count). The molecule has 0 saturated heterocycles. The lowest BCUT2D eigenvalue weighted by Gasteiger charge is -2.06. The van der Waals surface area contributed by atoms with Crippen LogP contribution in [0.5, 0.6) is 5.75 Å². The highest BCUT2D eigenvalue weighted by atomic mass is 79.9. The summed E-state index contributed by atoms with van der Waals surface area (Å²) in [4.78, 5) is 11.2. The van der Waals surface area contributed by atoms with E-state index < -0.39 is 5.91 Å². The first kappa shape index (κ1) is 14.3. The summed E-state index contributed by atoms with van der Waals surface area (Å²) in [6, 6.07) is 13.0. The average molecular weight is 332 g/mol. The Morgan fingerprint density at radius 1 is 1.15 bits per heavy atom. The van der Waals surface area contributed by atoms with Gasteiger partial charge in [0.15, 0.2) is 0 Å². The summed E-state index contributed by atoms with van der Waals surface area (Å²) < 4.78 is 6.31. The smallest absolute Gasteiger partial charge is 0.248 e. The minimum absolute atomic E-state index is 0.453. The third-order valence-electron chi connectivity index (χ3n) is 2.84. The van der Waals surface area contributed by atoms with E-state index in [1.54, 1.807) is 25.3 Å². The zero-order valence-corrected chi connectivity index (χ0v) is 12.6. The van der Waals surface area contributed by atoms with Crippen molar-refractivity contribution in [2.45, 2.75) is 0 Å². The molecular formula is C16H14BrNO2. The monoisotopic (exact) mass is 331 g/mol. The van der Waals surface area contributed by atoms with Gasteiger partial charge in [0.1, 0.15) is 5.75 Å². The first-order valence-electron chi connectivity index (χ1n) is 6.01. The molecule has 0 heterocycles. The molecule has 0 aliphatic heterocycles. The van der Waals surface area contributed by atoms with Gasteiger partial charge in [-0.25, -0.2) is 0 Å². The third-order valence-corrected chi connectivity index (χ3v) is 3.37. The van der Waals surface area contributed by atoms with Gasteiger partial charge in [0.05, 0.1) is 7.11 Å². The van der Waals surface area contributed by atoms with Crippen molar-refractivity contribution < 1.29 is 9.53 Å². The van der Waals surface area contributed by atoms with Crippen molar-refractivity contribution in [3.8, 4) is 5.75 Å². The Kier molecular flexibility index (Phi) is 4.58. The lowest BCUT2D eigenvalue weighted by atomic mass is 10.1. The van der Waals surface area contributed by atoms with Crippen LogP contribution in [0.15, 0.2) is 46.9 Å². The van der Waals surface area contributed by atoms with Gasteiger partial charge in [-0.1, -0.05) is 40.2 Å². The van der Waals surface area contributed by atoms with Crippen LogP contribution in [-0.4, -0.2) is 13.0 Å². The van der Waals surface area contributed by atoms with Gasteiger partial charge in [0, 0.05) is 15.6 Å². The minimum atomic E-state index is -0.453. The van der Waals surface area contributed by atoms with Crippen LogP contribution in [-0.2, 0) is 0 Å². The molecule has 2 aromatic carbocycles. The average Bonchev–Trinajstić information content (AvgIpc) is 2.46. The predicted molar refractivity (Wildman–Crippen MR) is 84.6 cm³/mol. The summed E-state index contributed by atoms with van der Waals surface area (Å²) >= 11 is 3.39. The van der Waals surface area contributed by atoms with E-state index in [4.69, 9.17) is 10.5 Å². The lowest BCUT2D eigenvalue weighted by Crippen LogP contribution is -2.10. The molecule has 20 heavy (non-hydrogen) atoms. The fraction of sp³-hybridized carbons (Fsp3) is 0.0625. The molecule has 4 heteroatoms. The molecule has 1 amide bonds. The Morgan fingerprint density at radius 2 is 1.85 bits per heavy atom. The van der Waals surface area contributed by atoms with Gasteiger partial charge in [0.25, 0.3) is 0 Å². The fourth-order valence-electron chi connectivity index (χ4n) is 1.78. The van der Waals surface area contributed by atoms with Crippen molar-refractivity contribution in [3.05, 3.63) is 63.6 Å². The molecule has 102 valence electrons.